The van der Waals surface area contributed by atoms with Gasteiger partial charge in [0.15, 0.2) is 0 Å². The Morgan fingerprint density at radius 1 is 1.28 bits per heavy atom. The predicted molar refractivity (Wildman–Crippen MR) is 77.4 cm³/mol. The first kappa shape index (κ1) is 11.8. The Morgan fingerprint density at radius 2 is 2.11 bits per heavy atom. The minimum Gasteiger partial charge on any atom is -0.344 e. The molecule has 1 N–H and O–H groups in total. The van der Waals surface area contributed by atoms with E-state index in [1.54, 1.807) is 5.56 Å². The molecule has 0 saturated heterocycles. The molecule has 2 nitrogen and oxygen atoms in total. The number of aromatic nitrogens is 1. The minimum atomic E-state index is 1.06. The molecule has 0 amide bonds. The van der Waals surface area contributed by atoms with Gasteiger partial charge in [-0.1, -0.05) is 6.07 Å². The maximum atomic E-state index is 3.24. The molecule has 2 heterocycles. The van der Waals surface area contributed by atoms with Crippen molar-refractivity contribution in [3.63, 3.8) is 0 Å². The molecule has 1 aromatic carbocycles. The van der Waals surface area contributed by atoms with Crippen LogP contribution in [-0.4, -0.2) is 18.2 Å². The van der Waals surface area contributed by atoms with Crippen molar-refractivity contribution in [1.29, 1.82) is 0 Å². The molecule has 3 rings (SSSR count). The lowest BCUT2D eigenvalue weighted by atomic mass is 9.98. The topological polar surface area (TPSA) is 17.0 Å². The zero-order valence-electron chi connectivity index (χ0n) is 11.6. The van der Waals surface area contributed by atoms with Gasteiger partial charge >= 0.3 is 0 Å². The van der Waals surface area contributed by atoms with E-state index in [1.807, 2.05) is 7.05 Å². The summed E-state index contributed by atoms with van der Waals surface area (Å²) in [5.41, 5.74) is 7.47. The predicted octanol–water partition coefficient (Wildman–Crippen LogP) is 2.97. The van der Waals surface area contributed by atoms with Crippen molar-refractivity contribution in [1.82, 2.24) is 9.88 Å². The van der Waals surface area contributed by atoms with Crippen LogP contribution in [0.5, 0.6) is 0 Å². The standard InChI is InChI=1S/C16H22N2/c1-11-12(2)18-8-4-5-14-9-13(6-7-17-3)10-15(11)16(14)18/h9-10,17H,4-8H2,1-3H3. The molecule has 0 fully saturated rings. The van der Waals surface area contributed by atoms with E-state index < -0.39 is 0 Å². The Kier molecular flexibility index (Phi) is 2.90. The highest BCUT2D eigenvalue weighted by Crippen LogP contribution is 2.33. The van der Waals surface area contributed by atoms with Crippen molar-refractivity contribution in [3.05, 3.63) is 34.5 Å². The van der Waals surface area contributed by atoms with Gasteiger partial charge in [0.2, 0.25) is 0 Å². The van der Waals surface area contributed by atoms with Crippen molar-refractivity contribution in [3.8, 4) is 0 Å². The van der Waals surface area contributed by atoms with Gasteiger partial charge in [0, 0.05) is 17.6 Å². The maximum absolute atomic E-state index is 3.24. The molecular formula is C16H22N2. The lowest BCUT2D eigenvalue weighted by molar-refractivity contribution is 0.621. The molecule has 0 bridgehead atoms. The summed E-state index contributed by atoms with van der Waals surface area (Å²) >= 11 is 0. The highest BCUT2D eigenvalue weighted by atomic mass is 15.0. The van der Waals surface area contributed by atoms with Crippen molar-refractivity contribution < 1.29 is 0 Å². The molecule has 0 spiro atoms. The number of hydrogen-bond acceptors (Lipinski definition) is 1. The Labute approximate surface area is 109 Å². The molecule has 0 aliphatic carbocycles. The van der Waals surface area contributed by atoms with E-state index in [9.17, 15) is 0 Å². The summed E-state index contributed by atoms with van der Waals surface area (Å²) in [5.74, 6) is 0. The average molecular weight is 242 g/mol. The molecule has 1 aliphatic rings. The van der Waals surface area contributed by atoms with Gasteiger partial charge in [0.25, 0.3) is 0 Å². The molecule has 1 aliphatic heterocycles. The van der Waals surface area contributed by atoms with Crippen LogP contribution in [0.1, 0.15) is 28.8 Å². The second kappa shape index (κ2) is 4.43. The Hall–Kier alpha value is -1.28. The van der Waals surface area contributed by atoms with Crippen LogP contribution in [0.3, 0.4) is 0 Å². The van der Waals surface area contributed by atoms with Crippen LogP contribution >= 0.6 is 0 Å². The summed E-state index contributed by atoms with van der Waals surface area (Å²) in [5, 5.41) is 4.72. The number of likely N-dealkylation sites (N-methyl/N-ethyl adjacent to an activating group) is 1. The number of aryl methyl sites for hydroxylation is 3. The van der Waals surface area contributed by atoms with E-state index in [1.165, 1.54) is 47.1 Å². The summed E-state index contributed by atoms with van der Waals surface area (Å²) in [6.45, 7) is 6.78. The number of nitrogens with zero attached hydrogens (tertiary/aromatic N) is 1. The molecule has 2 aromatic rings. The highest BCUT2D eigenvalue weighted by molar-refractivity contribution is 5.89. The van der Waals surface area contributed by atoms with Gasteiger partial charge in [-0.05, 0) is 69.5 Å². The largest absolute Gasteiger partial charge is 0.344 e. The van der Waals surface area contributed by atoms with Crippen LogP contribution in [0, 0.1) is 13.8 Å². The molecule has 96 valence electrons. The Morgan fingerprint density at radius 3 is 2.89 bits per heavy atom. The van der Waals surface area contributed by atoms with E-state index >= 15 is 0 Å². The summed E-state index contributed by atoms with van der Waals surface area (Å²) in [7, 11) is 2.02. The third-order valence-electron chi connectivity index (χ3n) is 4.36. The molecule has 0 atom stereocenters. The van der Waals surface area contributed by atoms with E-state index in [0.717, 1.165) is 13.0 Å². The number of hydrogen-bond donors (Lipinski definition) is 1. The fraction of sp³-hybridized carbons (Fsp3) is 0.500. The number of benzene rings is 1. The van der Waals surface area contributed by atoms with Crippen LogP contribution in [0.2, 0.25) is 0 Å². The van der Waals surface area contributed by atoms with E-state index in [4.69, 9.17) is 0 Å². The summed E-state index contributed by atoms with van der Waals surface area (Å²) in [4.78, 5) is 0. The van der Waals surface area contributed by atoms with Gasteiger partial charge in [0.1, 0.15) is 0 Å². The molecule has 1 aromatic heterocycles. The molecular weight excluding hydrogens is 220 g/mol. The fourth-order valence-electron chi connectivity index (χ4n) is 3.24. The van der Waals surface area contributed by atoms with Crippen molar-refractivity contribution >= 4 is 10.9 Å². The third-order valence-corrected chi connectivity index (χ3v) is 4.36. The summed E-state index contributed by atoms with van der Waals surface area (Å²) in [6.07, 6.45) is 3.66. The fourth-order valence-corrected chi connectivity index (χ4v) is 3.24. The highest BCUT2D eigenvalue weighted by Gasteiger charge is 2.18. The monoisotopic (exact) mass is 242 g/mol. The average Bonchev–Trinajstić information content (AvgIpc) is 2.64. The van der Waals surface area contributed by atoms with Gasteiger partial charge in [-0.2, -0.15) is 0 Å². The molecule has 2 heteroatoms. The van der Waals surface area contributed by atoms with E-state index in [0.29, 0.717) is 0 Å². The molecule has 0 radical (unpaired) electrons. The molecule has 0 saturated carbocycles. The Balaban J connectivity index is 2.20. The van der Waals surface area contributed by atoms with Gasteiger partial charge in [-0.15, -0.1) is 0 Å². The lowest BCUT2D eigenvalue weighted by Crippen LogP contribution is -2.12. The van der Waals surface area contributed by atoms with E-state index in [-0.39, 0.29) is 0 Å². The third kappa shape index (κ3) is 1.67. The summed E-state index contributed by atoms with van der Waals surface area (Å²) < 4.78 is 2.52. The zero-order chi connectivity index (χ0) is 12.7. The first-order valence-electron chi connectivity index (χ1n) is 6.98. The van der Waals surface area contributed by atoms with Crippen molar-refractivity contribution in [2.24, 2.45) is 0 Å². The van der Waals surface area contributed by atoms with Gasteiger partial charge in [-0.25, -0.2) is 0 Å². The first-order chi connectivity index (χ1) is 8.72. The smallest absolute Gasteiger partial charge is 0.0517 e. The quantitative estimate of drug-likeness (QED) is 0.875. The van der Waals surface area contributed by atoms with Crippen molar-refractivity contribution in [2.75, 3.05) is 13.6 Å². The first-order valence-corrected chi connectivity index (χ1v) is 6.98. The Bertz CT molecular complexity index is 593. The number of nitrogens with one attached hydrogen (secondary N) is 1. The van der Waals surface area contributed by atoms with E-state index in [2.05, 4.69) is 35.9 Å². The van der Waals surface area contributed by atoms with Crippen LogP contribution in [0.4, 0.5) is 0 Å². The molecule has 0 unspecified atom stereocenters. The van der Waals surface area contributed by atoms with Crippen LogP contribution < -0.4 is 5.32 Å². The number of rotatable bonds is 3. The lowest BCUT2D eigenvalue weighted by Gasteiger charge is -2.18. The maximum Gasteiger partial charge on any atom is 0.0517 e. The van der Waals surface area contributed by atoms with Crippen LogP contribution in [-0.2, 0) is 19.4 Å². The summed E-state index contributed by atoms with van der Waals surface area (Å²) in [6, 6.07) is 4.83. The van der Waals surface area contributed by atoms with Gasteiger partial charge in [0.05, 0.1) is 5.52 Å². The normalized spacial score (nSPS) is 14.4. The van der Waals surface area contributed by atoms with Crippen LogP contribution in [0.25, 0.3) is 10.9 Å². The minimum absolute atomic E-state index is 1.06. The second-order valence-corrected chi connectivity index (χ2v) is 5.47. The molecule has 18 heavy (non-hydrogen) atoms. The zero-order valence-corrected chi connectivity index (χ0v) is 11.6. The SMILES string of the molecule is CNCCc1cc2c3c(c1)c(C)c(C)n3CCC2. The van der Waals surface area contributed by atoms with Gasteiger partial charge < -0.3 is 9.88 Å². The second-order valence-electron chi connectivity index (χ2n) is 5.47. The van der Waals surface area contributed by atoms with Crippen LogP contribution in [0.15, 0.2) is 12.1 Å². The van der Waals surface area contributed by atoms with Crippen molar-refractivity contribution in [2.45, 2.75) is 39.7 Å². The van der Waals surface area contributed by atoms with Gasteiger partial charge in [-0.3, -0.25) is 0 Å².